The van der Waals surface area contributed by atoms with E-state index in [1.165, 1.54) is 14.2 Å². The fourth-order valence-electron chi connectivity index (χ4n) is 1.62. The molecular formula is C13H17NO5. The molecule has 0 aliphatic heterocycles. The van der Waals surface area contributed by atoms with E-state index >= 15 is 0 Å². The van der Waals surface area contributed by atoms with Crippen LogP contribution in [0.3, 0.4) is 0 Å². The Balaban J connectivity index is 2.92. The number of carboxylic acid groups (broad SMARTS) is 1. The normalized spacial score (nSPS) is 13.6. The number of methoxy groups -OCH3 is 2. The average Bonchev–Trinajstić information content (AvgIpc) is 2.43. The predicted octanol–water partition coefficient (Wildman–Crippen LogP) is 0.590. The van der Waals surface area contributed by atoms with E-state index in [-0.39, 0.29) is 6.61 Å². The fourth-order valence-corrected chi connectivity index (χ4v) is 1.62. The van der Waals surface area contributed by atoms with Crippen molar-refractivity contribution >= 4 is 11.9 Å². The van der Waals surface area contributed by atoms with Crippen molar-refractivity contribution < 1.29 is 24.2 Å². The van der Waals surface area contributed by atoms with Crippen LogP contribution in [0.25, 0.3) is 0 Å². The molecule has 0 amide bonds. The van der Waals surface area contributed by atoms with Gasteiger partial charge in [0.1, 0.15) is 12.1 Å². The van der Waals surface area contributed by atoms with E-state index in [0.717, 1.165) is 0 Å². The molecule has 6 heteroatoms. The summed E-state index contributed by atoms with van der Waals surface area (Å²) in [4.78, 5) is 22.8. The minimum atomic E-state index is -1.09. The first kappa shape index (κ1) is 15.1. The van der Waals surface area contributed by atoms with Gasteiger partial charge in [0.15, 0.2) is 0 Å². The average molecular weight is 267 g/mol. The summed E-state index contributed by atoms with van der Waals surface area (Å²) in [6.07, 6.45) is 0. The number of carboxylic acids is 1. The molecule has 1 aromatic rings. The third-order valence-electron chi connectivity index (χ3n) is 2.57. The largest absolute Gasteiger partial charge is 0.480 e. The number of ether oxygens (including phenoxy) is 2. The molecule has 2 unspecified atom stereocenters. The third-order valence-corrected chi connectivity index (χ3v) is 2.57. The van der Waals surface area contributed by atoms with Crippen molar-refractivity contribution in [3.05, 3.63) is 35.9 Å². The minimum Gasteiger partial charge on any atom is -0.480 e. The number of nitrogens with one attached hydrogen (secondary N) is 1. The Kier molecular flexibility index (Phi) is 5.98. The van der Waals surface area contributed by atoms with Gasteiger partial charge in [-0.3, -0.25) is 10.1 Å². The third kappa shape index (κ3) is 4.35. The molecule has 0 fully saturated rings. The maximum Gasteiger partial charge on any atom is 0.327 e. The molecule has 0 saturated carbocycles. The highest BCUT2D eigenvalue weighted by Crippen LogP contribution is 2.15. The summed E-state index contributed by atoms with van der Waals surface area (Å²) in [6, 6.07) is 6.94. The van der Waals surface area contributed by atoms with Gasteiger partial charge in [0.25, 0.3) is 0 Å². The predicted molar refractivity (Wildman–Crippen MR) is 67.6 cm³/mol. The smallest absolute Gasteiger partial charge is 0.327 e. The zero-order valence-corrected chi connectivity index (χ0v) is 10.8. The van der Waals surface area contributed by atoms with Crippen molar-refractivity contribution in [1.82, 2.24) is 5.32 Å². The van der Waals surface area contributed by atoms with E-state index in [1.807, 2.05) is 6.07 Å². The molecular weight excluding hydrogens is 250 g/mol. The SMILES string of the molecule is COCC(NC(C(=O)OC)c1ccccc1)C(=O)O. The molecule has 0 radical (unpaired) electrons. The van der Waals surface area contributed by atoms with Gasteiger partial charge < -0.3 is 14.6 Å². The van der Waals surface area contributed by atoms with Crippen LogP contribution in [0.15, 0.2) is 30.3 Å². The second kappa shape index (κ2) is 7.50. The second-order valence-electron chi connectivity index (χ2n) is 3.88. The molecule has 0 aliphatic rings. The quantitative estimate of drug-likeness (QED) is 0.703. The number of esters is 1. The lowest BCUT2D eigenvalue weighted by Crippen LogP contribution is -2.45. The topological polar surface area (TPSA) is 84.9 Å². The summed E-state index contributed by atoms with van der Waals surface area (Å²) in [5.74, 6) is -1.64. The highest BCUT2D eigenvalue weighted by molar-refractivity contribution is 5.80. The van der Waals surface area contributed by atoms with E-state index in [9.17, 15) is 9.59 Å². The standard InChI is InChI=1S/C13H17NO5/c1-18-8-10(12(15)16)14-11(13(17)19-2)9-6-4-3-5-7-9/h3-7,10-11,14H,8H2,1-2H3,(H,15,16). The summed E-state index contributed by atoms with van der Waals surface area (Å²) in [5, 5.41) is 11.8. The van der Waals surface area contributed by atoms with Gasteiger partial charge in [0, 0.05) is 7.11 Å². The van der Waals surface area contributed by atoms with Crippen molar-refractivity contribution in [1.29, 1.82) is 0 Å². The maximum atomic E-state index is 11.8. The highest BCUT2D eigenvalue weighted by Gasteiger charge is 2.27. The summed E-state index contributed by atoms with van der Waals surface area (Å²) in [6.45, 7) is -0.0460. The van der Waals surface area contributed by atoms with E-state index in [4.69, 9.17) is 14.6 Å². The summed E-state index contributed by atoms with van der Waals surface area (Å²) < 4.78 is 9.51. The lowest BCUT2D eigenvalue weighted by molar-refractivity contribution is -0.145. The molecule has 0 bridgehead atoms. The van der Waals surface area contributed by atoms with E-state index in [1.54, 1.807) is 24.3 Å². The second-order valence-corrected chi connectivity index (χ2v) is 3.88. The van der Waals surface area contributed by atoms with Gasteiger partial charge in [-0.2, -0.15) is 0 Å². The Morgan fingerprint density at radius 2 is 1.89 bits per heavy atom. The Labute approximate surface area is 111 Å². The van der Waals surface area contributed by atoms with Crippen LogP contribution in [-0.2, 0) is 19.1 Å². The molecule has 2 atom stereocenters. The Bertz CT molecular complexity index is 420. The lowest BCUT2D eigenvalue weighted by Gasteiger charge is -2.21. The van der Waals surface area contributed by atoms with E-state index in [0.29, 0.717) is 5.56 Å². The van der Waals surface area contributed by atoms with Crippen LogP contribution >= 0.6 is 0 Å². The van der Waals surface area contributed by atoms with Crippen LogP contribution in [0.4, 0.5) is 0 Å². The molecule has 1 rings (SSSR count). The summed E-state index contributed by atoms with van der Waals surface area (Å²) >= 11 is 0. The van der Waals surface area contributed by atoms with Gasteiger partial charge in [-0.1, -0.05) is 30.3 Å². The van der Waals surface area contributed by atoms with E-state index < -0.39 is 24.0 Å². The van der Waals surface area contributed by atoms with Gasteiger partial charge in [-0.15, -0.1) is 0 Å². The minimum absolute atomic E-state index is 0.0460. The molecule has 1 aromatic carbocycles. The Morgan fingerprint density at radius 1 is 1.26 bits per heavy atom. The molecule has 0 spiro atoms. The maximum absolute atomic E-state index is 11.8. The van der Waals surface area contributed by atoms with Gasteiger partial charge >= 0.3 is 11.9 Å². The monoisotopic (exact) mass is 267 g/mol. The van der Waals surface area contributed by atoms with Gasteiger partial charge in [0.2, 0.25) is 0 Å². The van der Waals surface area contributed by atoms with Crippen LogP contribution in [-0.4, -0.2) is 43.9 Å². The van der Waals surface area contributed by atoms with Crippen molar-refractivity contribution in [3.8, 4) is 0 Å². The van der Waals surface area contributed by atoms with Crippen molar-refractivity contribution in [2.24, 2.45) is 0 Å². The molecule has 0 saturated heterocycles. The van der Waals surface area contributed by atoms with Crippen LogP contribution in [0.5, 0.6) is 0 Å². The molecule has 2 N–H and O–H groups in total. The molecule has 6 nitrogen and oxygen atoms in total. The lowest BCUT2D eigenvalue weighted by atomic mass is 10.1. The first-order chi connectivity index (χ1) is 9.10. The van der Waals surface area contributed by atoms with E-state index in [2.05, 4.69) is 5.32 Å². The zero-order valence-electron chi connectivity index (χ0n) is 10.8. The zero-order chi connectivity index (χ0) is 14.3. The molecule has 0 aliphatic carbocycles. The molecule has 0 heterocycles. The number of hydrogen-bond donors (Lipinski definition) is 2. The Hall–Kier alpha value is -1.92. The number of carbonyl (C=O) groups is 2. The first-order valence-corrected chi connectivity index (χ1v) is 5.70. The molecule has 19 heavy (non-hydrogen) atoms. The Morgan fingerprint density at radius 3 is 2.37 bits per heavy atom. The van der Waals surface area contributed by atoms with Gasteiger partial charge in [-0.25, -0.2) is 4.79 Å². The number of benzene rings is 1. The van der Waals surface area contributed by atoms with Crippen molar-refractivity contribution in [3.63, 3.8) is 0 Å². The number of carbonyl (C=O) groups excluding carboxylic acids is 1. The molecule has 104 valence electrons. The van der Waals surface area contributed by atoms with Crippen LogP contribution in [0.2, 0.25) is 0 Å². The summed E-state index contributed by atoms with van der Waals surface area (Å²) in [7, 11) is 2.65. The van der Waals surface area contributed by atoms with Crippen LogP contribution < -0.4 is 5.32 Å². The summed E-state index contributed by atoms with van der Waals surface area (Å²) in [5.41, 5.74) is 0.636. The number of hydrogen-bond acceptors (Lipinski definition) is 5. The van der Waals surface area contributed by atoms with Crippen LogP contribution in [0, 0.1) is 0 Å². The van der Waals surface area contributed by atoms with Gasteiger partial charge in [-0.05, 0) is 5.56 Å². The van der Waals surface area contributed by atoms with Crippen LogP contribution in [0.1, 0.15) is 11.6 Å². The highest BCUT2D eigenvalue weighted by atomic mass is 16.5. The number of aliphatic carboxylic acids is 1. The fraction of sp³-hybridized carbons (Fsp3) is 0.385. The van der Waals surface area contributed by atoms with Gasteiger partial charge in [0.05, 0.1) is 13.7 Å². The van der Waals surface area contributed by atoms with Crippen molar-refractivity contribution in [2.45, 2.75) is 12.1 Å². The number of rotatable bonds is 7. The molecule has 0 aromatic heterocycles. The van der Waals surface area contributed by atoms with Crippen molar-refractivity contribution in [2.75, 3.05) is 20.8 Å². The first-order valence-electron chi connectivity index (χ1n) is 5.70.